The first-order valence-corrected chi connectivity index (χ1v) is 8.17. The first-order valence-electron chi connectivity index (χ1n) is 8.17. The standard InChI is InChI=1S/C19H17FN4O2/c1-13-7-8-14(16(20)9-13)10-22-11-17-18(21-12-23(17)26)24(19(22)25)15-5-3-2-4-6-15/h2-9,11-12,18,26H,10H2,1H3. The van der Waals surface area contributed by atoms with Crippen LogP contribution < -0.4 is 4.90 Å². The number of nitrogens with zero attached hydrogens (tertiary/aromatic N) is 4. The predicted octanol–water partition coefficient (Wildman–Crippen LogP) is 3.48. The van der Waals surface area contributed by atoms with Gasteiger partial charge in [0, 0.05) is 17.5 Å². The number of hydrogen-bond donors (Lipinski definition) is 1. The molecule has 2 aliphatic heterocycles. The molecule has 1 unspecified atom stereocenters. The highest BCUT2D eigenvalue weighted by Gasteiger charge is 2.40. The molecular weight excluding hydrogens is 335 g/mol. The largest absolute Gasteiger partial charge is 0.330 e. The van der Waals surface area contributed by atoms with Gasteiger partial charge in [-0.15, -0.1) is 0 Å². The van der Waals surface area contributed by atoms with E-state index in [4.69, 9.17) is 0 Å². The lowest BCUT2D eigenvalue weighted by Crippen LogP contribution is -2.51. The van der Waals surface area contributed by atoms with Crippen molar-refractivity contribution in [3.05, 3.63) is 77.4 Å². The van der Waals surface area contributed by atoms with Gasteiger partial charge >= 0.3 is 6.03 Å². The maximum Gasteiger partial charge on any atom is 0.330 e. The van der Waals surface area contributed by atoms with Crippen LogP contribution in [-0.2, 0) is 6.54 Å². The first-order chi connectivity index (χ1) is 12.5. The normalized spacial score (nSPS) is 19.0. The van der Waals surface area contributed by atoms with Crippen molar-refractivity contribution in [3.63, 3.8) is 0 Å². The number of carbonyl (C=O) groups is 1. The molecule has 1 atom stereocenters. The van der Waals surface area contributed by atoms with Crippen molar-refractivity contribution in [1.29, 1.82) is 0 Å². The van der Waals surface area contributed by atoms with Crippen molar-refractivity contribution in [1.82, 2.24) is 9.96 Å². The zero-order chi connectivity index (χ0) is 18.3. The number of anilines is 1. The molecule has 0 aromatic heterocycles. The number of hydrogen-bond acceptors (Lipinski definition) is 4. The van der Waals surface area contributed by atoms with Crippen molar-refractivity contribution in [3.8, 4) is 0 Å². The molecule has 2 amide bonds. The molecule has 0 bridgehead atoms. The van der Waals surface area contributed by atoms with Gasteiger partial charge in [-0.2, -0.15) is 0 Å². The zero-order valence-corrected chi connectivity index (χ0v) is 14.1. The fraction of sp³-hybridized carbons (Fsp3) is 0.158. The van der Waals surface area contributed by atoms with Gasteiger partial charge in [-0.3, -0.25) is 15.0 Å². The van der Waals surface area contributed by atoms with Gasteiger partial charge in [-0.05, 0) is 30.7 Å². The molecule has 6 nitrogen and oxygen atoms in total. The number of aliphatic imine (C=N–C) groups is 1. The summed E-state index contributed by atoms with van der Waals surface area (Å²) in [5.74, 6) is -0.367. The van der Waals surface area contributed by atoms with Crippen LogP contribution in [0.3, 0.4) is 0 Å². The minimum atomic E-state index is -0.644. The Morgan fingerprint density at radius 3 is 2.69 bits per heavy atom. The van der Waals surface area contributed by atoms with Gasteiger partial charge in [0.25, 0.3) is 0 Å². The van der Waals surface area contributed by atoms with E-state index in [1.54, 1.807) is 24.3 Å². The lowest BCUT2D eigenvalue weighted by molar-refractivity contribution is 0.0276. The number of carbonyl (C=O) groups excluding carboxylic acids is 1. The summed E-state index contributed by atoms with van der Waals surface area (Å²) in [5, 5.41) is 10.9. The highest BCUT2D eigenvalue weighted by atomic mass is 19.1. The Kier molecular flexibility index (Phi) is 3.93. The van der Waals surface area contributed by atoms with E-state index < -0.39 is 6.17 Å². The molecule has 2 aliphatic rings. The number of amides is 2. The van der Waals surface area contributed by atoms with Gasteiger partial charge in [0.05, 0.1) is 6.54 Å². The van der Waals surface area contributed by atoms with Gasteiger partial charge in [-0.1, -0.05) is 30.3 Å². The summed E-state index contributed by atoms with van der Waals surface area (Å²) in [4.78, 5) is 20.1. The fourth-order valence-corrected chi connectivity index (χ4v) is 3.09. The fourth-order valence-electron chi connectivity index (χ4n) is 3.09. The highest BCUT2D eigenvalue weighted by molar-refractivity contribution is 5.96. The van der Waals surface area contributed by atoms with Crippen LogP contribution in [0.25, 0.3) is 0 Å². The van der Waals surface area contributed by atoms with E-state index in [-0.39, 0.29) is 18.4 Å². The summed E-state index contributed by atoms with van der Waals surface area (Å²) >= 11 is 0. The summed E-state index contributed by atoms with van der Waals surface area (Å²) in [7, 11) is 0. The maximum absolute atomic E-state index is 14.2. The second-order valence-corrected chi connectivity index (χ2v) is 6.25. The lowest BCUT2D eigenvalue weighted by atomic mass is 10.1. The van der Waals surface area contributed by atoms with Crippen LogP contribution in [0.4, 0.5) is 14.9 Å². The molecule has 2 aromatic rings. The van der Waals surface area contributed by atoms with Gasteiger partial charge in [-0.25, -0.2) is 19.2 Å². The van der Waals surface area contributed by atoms with Crippen molar-refractivity contribution in [2.24, 2.45) is 4.99 Å². The number of rotatable bonds is 3. The van der Waals surface area contributed by atoms with Gasteiger partial charge in [0.15, 0.2) is 6.17 Å². The van der Waals surface area contributed by atoms with Crippen molar-refractivity contribution >= 4 is 18.1 Å². The Bertz CT molecular complexity index is 913. The average Bonchev–Trinajstić information content (AvgIpc) is 2.99. The number of aryl methyl sites for hydroxylation is 1. The summed E-state index contributed by atoms with van der Waals surface area (Å²) in [6.45, 7) is 1.86. The third kappa shape index (κ3) is 2.72. The van der Waals surface area contributed by atoms with Crippen LogP contribution in [0.15, 0.2) is 65.4 Å². The molecule has 0 aliphatic carbocycles. The van der Waals surface area contributed by atoms with Crippen LogP contribution in [0.2, 0.25) is 0 Å². The minimum Gasteiger partial charge on any atom is -0.294 e. The third-order valence-electron chi connectivity index (χ3n) is 4.41. The molecule has 0 radical (unpaired) electrons. The summed E-state index contributed by atoms with van der Waals surface area (Å²) in [5.41, 5.74) is 2.29. The molecule has 1 N–H and O–H groups in total. The molecule has 4 rings (SSSR count). The molecule has 7 heteroatoms. The van der Waals surface area contributed by atoms with Gasteiger partial charge in [0.1, 0.15) is 17.9 Å². The smallest absolute Gasteiger partial charge is 0.294 e. The van der Waals surface area contributed by atoms with E-state index in [0.29, 0.717) is 16.9 Å². The maximum atomic E-state index is 14.2. The Morgan fingerprint density at radius 1 is 1.19 bits per heavy atom. The topological polar surface area (TPSA) is 59.4 Å². The SMILES string of the molecule is Cc1ccc(CN2C=C3C(N=CN3O)N(c3ccccc3)C2=O)c(F)c1. The highest BCUT2D eigenvalue weighted by Crippen LogP contribution is 2.32. The molecular formula is C19H17FN4O2. The van der Waals surface area contributed by atoms with Crippen LogP contribution in [-0.4, -0.2) is 33.7 Å². The molecule has 2 aromatic carbocycles. The van der Waals surface area contributed by atoms with Crippen molar-refractivity contribution in [2.45, 2.75) is 19.6 Å². The number of fused-ring (bicyclic) bond motifs is 1. The lowest BCUT2D eigenvalue weighted by Gasteiger charge is -2.37. The Morgan fingerprint density at radius 2 is 1.96 bits per heavy atom. The molecule has 132 valence electrons. The molecule has 0 saturated carbocycles. The molecule has 0 spiro atoms. The van der Waals surface area contributed by atoms with E-state index in [2.05, 4.69) is 4.99 Å². The monoisotopic (exact) mass is 352 g/mol. The van der Waals surface area contributed by atoms with Crippen molar-refractivity contribution < 1.29 is 14.4 Å². The zero-order valence-electron chi connectivity index (χ0n) is 14.1. The quantitative estimate of drug-likeness (QED) is 0.920. The molecule has 0 fully saturated rings. The predicted molar refractivity (Wildman–Crippen MR) is 95.0 cm³/mol. The third-order valence-corrected chi connectivity index (χ3v) is 4.41. The van der Waals surface area contributed by atoms with E-state index in [1.165, 1.54) is 28.4 Å². The van der Waals surface area contributed by atoms with E-state index in [1.807, 2.05) is 25.1 Å². The summed E-state index contributed by atoms with van der Waals surface area (Å²) in [6, 6.07) is 13.6. The first kappa shape index (κ1) is 16.3. The minimum absolute atomic E-state index is 0.0539. The van der Waals surface area contributed by atoms with E-state index in [0.717, 1.165) is 10.6 Å². The summed E-state index contributed by atoms with van der Waals surface area (Å²) < 4.78 is 14.2. The molecule has 2 heterocycles. The molecule has 0 saturated heterocycles. The second-order valence-electron chi connectivity index (χ2n) is 6.25. The Hall–Kier alpha value is -3.19. The van der Waals surface area contributed by atoms with Crippen LogP contribution in [0.5, 0.6) is 0 Å². The summed E-state index contributed by atoms with van der Waals surface area (Å²) in [6.07, 6.45) is 2.13. The number of urea groups is 1. The number of benzene rings is 2. The van der Waals surface area contributed by atoms with Crippen LogP contribution in [0.1, 0.15) is 11.1 Å². The Balaban J connectivity index is 1.72. The second kappa shape index (κ2) is 6.27. The number of hydroxylamine groups is 2. The van der Waals surface area contributed by atoms with Crippen molar-refractivity contribution in [2.75, 3.05) is 4.90 Å². The average molecular weight is 352 g/mol. The number of halogens is 1. The van der Waals surface area contributed by atoms with Crippen LogP contribution >= 0.6 is 0 Å². The van der Waals surface area contributed by atoms with E-state index in [9.17, 15) is 14.4 Å². The van der Waals surface area contributed by atoms with E-state index >= 15 is 0 Å². The number of para-hydroxylation sites is 1. The van der Waals surface area contributed by atoms with Gasteiger partial charge < -0.3 is 0 Å². The van der Waals surface area contributed by atoms with Crippen LogP contribution in [0, 0.1) is 12.7 Å². The Labute approximate surface area is 150 Å². The van der Waals surface area contributed by atoms with Gasteiger partial charge in [0.2, 0.25) is 0 Å². The molecule has 26 heavy (non-hydrogen) atoms.